The molecule has 3 rings (SSSR count). The normalized spacial score (nSPS) is 18.0. The number of nitrogens with zero attached hydrogens (tertiary/aromatic N) is 1. The van der Waals surface area contributed by atoms with Gasteiger partial charge in [0, 0.05) is 24.2 Å². The Morgan fingerprint density at radius 2 is 1.11 bits per heavy atom. The molecule has 1 fully saturated rings. The second-order valence-electron chi connectivity index (χ2n) is 6.92. The molecule has 0 atom stereocenters. The van der Waals surface area contributed by atoms with Crippen molar-refractivity contribution in [3.8, 4) is 0 Å². The highest BCUT2D eigenvalue weighted by Gasteiger charge is 2.24. The highest BCUT2D eigenvalue weighted by atomic mass is 16.4. The van der Waals surface area contributed by atoms with Crippen LogP contribution in [0.4, 0.5) is 0 Å². The average molecular weight is 377 g/mol. The van der Waals surface area contributed by atoms with Crippen LogP contribution in [0.15, 0.2) is 59.7 Å². The van der Waals surface area contributed by atoms with Crippen LogP contribution in [0.1, 0.15) is 11.1 Å². The molecule has 2 aromatic carbocycles. The second kappa shape index (κ2) is 8.68. The first kappa shape index (κ1) is 20.3. The highest BCUT2D eigenvalue weighted by Crippen LogP contribution is 2.21. The summed E-state index contributed by atoms with van der Waals surface area (Å²) < 4.78 is 0. The number of ketones is 1. The van der Waals surface area contributed by atoms with Crippen molar-refractivity contribution in [2.75, 3.05) is 20.1 Å². The lowest BCUT2D eigenvalue weighted by Crippen LogP contribution is -2.34. The summed E-state index contributed by atoms with van der Waals surface area (Å²) in [5.41, 5.74) is 3.71. The maximum atomic E-state index is 12.9. The molecular weight excluding hydrogens is 356 g/mol. The van der Waals surface area contributed by atoms with Gasteiger partial charge in [-0.2, -0.15) is 0 Å². The molecule has 0 saturated carbocycles. The van der Waals surface area contributed by atoms with Crippen molar-refractivity contribution >= 4 is 43.1 Å². The van der Waals surface area contributed by atoms with Gasteiger partial charge < -0.3 is 20.1 Å². The Morgan fingerprint density at radius 3 is 1.43 bits per heavy atom. The molecule has 0 aliphatic carbocycles. The number of carbonyl (C=O) groups excluding carboxylic acids is 1. The molecule has 1 heterocycles. The Morgan fingerprint density at radius 1 is 0.750 bits per heavy atom. The summed E-state index contributed by atoms with van der Waals surface area (Å²) in [6.07, 6.45) is 3.62. The molecule has 0 amide bonds. The zero-order valence-electron chi connectivity index (χ0n) is 15.5. The van der Waals surface area contributed by atoms with E-state index in [2.05, 4.69) is 0 Å². The first-order valence-corrected chi connectivity index (χ1v) is 8.90. The van der Waals surface area contributed by atoms with E-state index in [1.54, 1.807) is 48.5 Å². The Hall–Kier alpha value is -2.48. The summed E-state index contributed by atoms with van der Waals surface area (Å²) in [6.45, 7) is 1.05. The maximum absolute atomic E-state index is 12.9. The number of rotatable bonds is 4. The fourth-order valence-electron chi connectivity index (χ4n) is 3.14. The summed E-state index contributed by atoms with van der Waals surface area (Å²) in [5, 5.41) is 36.7. The van der Waals surface area contributed by atoms with E-state index in [-0.39, 0.29) is 5.78 Å². The van der Waals surface area contributed by atoms with Crippen LogP contribution in [0, 0.1) is 0 Å². The van der Waals surface area contributed by atoms with Gasteiger partial charge in [0.2, 0.25) is 0 Å². The molecule has 28 heavy (non-hydrogen) atoms. The number of Topliss-reactive ketones (excluding diaryl/α,β-unsaturated/α-hetero) is 1. The van der Waals surface area contributed by atoms with E-state index in [4.69, 9.17) is 0 Å². The molecule has 0 aromatic heterocycles. The zero-order chi connectivity index (χ0) is 20.3. The van der Waals surface area contributed by atoms with E-state index in [0.29, 0.717) is 35.2 Å². The first-order chi connectivity index (χ1) is 13.3. The van der Waals surface area contributed by atoms with E-state index in [0.717, 1.165) is 11.1 Å². The van der Waals surface area contributed by atoms with Gasteiger partial charge in [-0.05, 0) is 41.3 Å². The lowest BCUT2D eigenvalue weighted by molar-refractivity contribution is -0.113. The predicted octanol–water partition coefficient (Wildman–Crippen LogP) is -0.972. The minimum atomic E-state index is -1.52. The summed E-state index contributed by atoms with van der Waals surface area (Å²) in [5.74, 6) is -0.0318. The number of hydrogen-bond donors (Lipinski definition) is 4. The third-order valence-electron chi connectivity index (χ3n) is 4.61. The van der Waals surface area contributed by atoms with Crippen LogP contribution in [0.3, 0.4) is 0 Å². The number of likely N-dealkylation sites (tertiary alicyclic amines) is 1. The van der Waals surface area contributed by atoms with Gasteiger partial charge in [-0.25, -0.2) is 0 Å². The second-order valence-corrected chi connectivity index (χ2v) is 6.92. The van der Waals surface area contributed by atoms with Crippen molar-refractivity contribution in [1.29, 1.82) is 0 Å². The van der Waals surface area contributed by atoms with E-state index in [9.17, 15) is 24.9 Å². The molecule has 1 saturated heterocycles. The molecular formula is C20H21B2NO5. The quantitative estimate of drug-likeness (QED) is 0.404. The minimum absolute atomic E-state index is 0.0318. The van der Waals surface area contributed by atoms with Crippen LogP contribution < -0.4 is 10.9 Å². The molecule has 0 unspecified atom stereocenters. The predicted molar refractivity (Wildman–Crippen MR) is 111 cm³/mol. The highest BCUT2D eigenvalue weighted by molar-refractivity contribution is 6.58. The van der Waals surface area contributed by atoms with Crippen molar-refractivity contribution in [3.05, 3.63) is 70.8 Å². The van der Waals surface area contributed by atoms with Gasteiger partial charge in [0.25, 0.3) is 0 Å². The van der Waals surface area contributed by atoms with Crippen LogP contribution in [-0.2, 0) is 4.79 Å². The van der Waals surface area contributed by atoms with Crippen LogP contribution in [0.2, 0.25) is 0 Å². The van der Waals surface area contributed by atoms with Gasteiger partial charge in [-0.15, -0.1) is 0 Å². The molecule has 2 aromatic rings. The first-order valence-electron chi connectivity index (χ1n) is 8.90. The maximum Gasteiger partial charge on any atom is 0.488 e. The zero-order valence-corrected chi connectivity index (χ0v) is 15.5. The minimum Gasteiger partial charge on any atom is -0.423 e. The smallest absolute Gasteiger partial charge is 0.423 e. The Balaban J connectivity index is 1.85. The molecule has 4 N–H and O–H groups in total. The molecule has 0 bridgehead atoms. The van der Waals surface area contributed by atoms with Crippen molar-refractivity contribution in [2.24, 2.45) is 0 Å². The third-order valence-corrected chi connectivity index (χ3v) is 4.61. The number of likely N-dealkylation sites (N-methyl/N-ethyl adjacent to an activating group) is 1. The lowest BCUT2D eigenvalue weighted by Gasteiger charge is -2.26. The van der Waals surface area contributed by atoms with E-state index in [1.165, 1.54) is 0 Å². The Bertz CT molecular complexity index is 832. The van der Waals surface area contributed by atoms with Crippen molar-refractivity contribution in [1.82, 2.24) is 4.90 Å². The number of piperidine rings is 1. The monoisotopic (exact) mass is 377 g/mol. The van der Waals surface area contributed by atoms with Crippen LogP contribution in [-0.4, -0.2) is 65.2 Å². The van der Waals surface area contributed by atoms with Crippen LogP contribution >= 0.6 is 0 Å². The van der Waals surface area contributed by atoms with Crippen molar-refractivity contribution in [2.45, 2.75) is 0 Å². The van der Waals surface area contributed by atoms with Crippen molar-refractivity contribution < 1.29 is 24.9 Å². The van der Waals surface area contributed by atoms with E-state index >= 15 is 0 Å². The van der Waals surface area contributed by atoms with Gasteiger partial charge >= 0.3 is 14.2 Å². The largest absolute Gasteiger partial charge is 0.488 e. The standard InChI is InChI=1S/C20H21B2NO5/c1-23-12-16(10-14-2-6-18(7-3-14)21(25)26)20(24)17(13-23)11-15-4-8-19(9-5-15)22(27)28/h2-11,25-28H,12-13H2,1H3/b16-10-,17-11-. The molecule has 1 aliphatic rings. The molecule has 0 radical (unpaired) electrons. The fraction of sp³-hybridized carbons (Fsp3) is 0.150. The summed E-state index contributed by atoms with van der Waals surface area (Å²) in [7, 11) is -1.10. The third kappa shape index (κ3) is 4.86. The molecule has 0 spiro atoms. The average Bonchev–Trinajstić information content (AvgIpc) is 2.66. The molecule has 8 heteroatoms. The van der Waals surface area contributed by atoms with Gasteiger partial charge in [0.1, 0.15) is 0 Å². The number of carbonyl (C=O) groups is 1. The number of benzene rings is 2. The van der Waals surface area contributed by atoms with Gasteiger partial charge in [0.05, 0.1) is 0 Å². The van der Waals surface area contributed by atoms with Gasteiger partial charge in [-0.1, -0.05) is 48.5 Å². The van der Waals surface area contributed by atoms with Crippen molar-refractivity contribution in [3.63, 3.8) is 0 Å². The SMILES string of the molecule is CN1C/C(=C/c2ccc(B(O)O)cc2)C(=O)/C(=C\c2ccc(B(O)O)cc2)C1. The van der Waals surface area contributed by atoms with Gasteiger partial charge in [-0.3, -0.25) is 9.69 Å². The summed E-state index contributed by atoms with van der Waals surface area (Å²) >= 11 is 0. The number of hydrogen-bond acceptors (Lipinski definition) is 6. The van der Waals surface area contributed by atoms with Crippen LogP contribution in [0.25, 0.3) is 12.2 Å². The summed E-state index contributed by atoms with van der Waals surface area (Å²) in [6, 6.07) is 13.4. The van der Waals surface area contributed by atoms with E-state index < -0.39 is 14.2 Å². The van der Waals surface area contributed by atoms with Gasteiger partial charge in [0.15, 0.2) is 5.78 Å². The van der Waals surface area contributed by atoms with Crippen LogP contribution in [0.5, 0.6) is 0 Å². The molecule has 142 valence electrons. The topological polar surface area (TPSA) is 101 Å². The molecule has 1 aliphatic heterocycles. The fourth-order valence-corrected chi connectivity index (χ4v) is 3.14. The summed E-state index contributed by atoms with van der Waals surface area (Å²) in [4.78, 5) is 14.9. The molecule has 6 nitrogen and oxygen atoms in total. The Labute approximate surface area is 164 Å². The van der Waals surface area contributed by atoms with E-state index in [1.807, 2.05) is 24.1 Å². The Kier molecular flexibility index (Phi) is 6.28. The lowest BCUT2D eigenvalue weighted by atomic mass is 9.80.